The van der Waals surface area contributed by atoms with Crippen molar-refractivity contribution in [2.45, 2.75) is 6.92 Å². The molecule has 1 N–H and O–H groups in total. The first-order valence-corrected chi connectivity index (χ1v) is 9.69. The number of amides is 1. The molecule has 0 radical (unpaired) electrons. The van der Waals surface area contributed by atoms with Crippen LogP contribution < -0.4 is 14.8 Å². The monoisotopic (exact) mass is 464 g/mol. The maximum atomic E-state index is 12.7. The summed E-state index contributed by atoms with van der Waals surface area (Å²) in [5.74, 6) is -0.518. The minimum atomic E-state index is -0.534. The topological polar surface area (TPSA) is 88.4 Å². The predicted molar refractivity (Wildman–Crippen MR) is 118 cm³/mol. The summed E-state index contributed by atoms with van der Waals surface area (Å²) in [6.45, 7) is 1.28. The van der Waals surface area contributed by atoms with E-state index in [1.807, 2.05) is 42.5 Å². The van der Waals surface area contributed by atoms with Gasteiger partial charge in [0, 0.05) is 18.0 Å². The SMILES string of the molecule is COc1cc(/C=C(\C#N)C(=O)Nc2cccc3ccccc23)cc(Br)c1OC(C)=O. The van der Waals surface area contributed by atoms with Crippen LogP contribution in [0.2, 0.25) is 0 Å². The number of rotatable bonds is 5. The van der Waals surface area contributed by atoms with Gasteiger partial charge in [-0.3, -0.25) is 9.59 Å². The molecule has 0 aliphatic carbocycles. The average Bonchev–Trinajstić information content (AvgIpc) is 2.73. The summed E-state index contributed by atoms with van der Waals surface area (Å²) >= 11 is 3.33. The molecular weight excluding hydrogens is 448 g/mol. The summed E-state index contributed by atoms with van der Waals surface area (Å²) in [6.07, 6.45) is 1.44. The second kappa shape index (κ2) is 9.25. The van der Waals surface area contributed by atoms with Crippen molar-refractivity contribution in [3.63, 3.8) is 0 Å². The van der Waals surface area contributed by atoms with Crippen molar-refractivity contribution >= 4 is 50.3 Å². The summed E-state index contributed by atoms with van der Waals surface area (Å²) in [7, 11) is 1.43. The lowest BCUT2D eigenvalue weighted by molar-refractivity contribution is -0.132. The van der Waals surface area contributed by atoms with E-state index >= 15 is 0 Å². The van der Waals surface area contributed by atoms with E-state index in [2.05, 4.69) is 21.2 Å². The smallest absolute Gasteiger partial charge is 0.308 e. The highest BCUT2D eigenvalue weighted by atomic mass is 79.9. The summed E-state index contributed by atoms with van der Waals surface area (Å²) in [6, 6.07) is 18.3. The number of ether oxygens (including phenoxy) is 2. The highest BCUT2D eigenvalue weighted by Gasteiger charge is 2.15. The highest BCUT2D eigenvalue weighted by Crippen LogP contribution is 2.37. The van der Waals surface area contributed by atoms with E-state index in [1.165, 1.54) is 20.1 Å². The molecule has 0 bridgehead atoms. The number of nitrogens with one attached hydrogen (secondary N) is 1. The summed E-state index contributed by atoms with van der Waals surface area (Å²) in [5, 5.41) is 14.2. The van der Waals surface area contributed by atoms with Gasteiger partial charge in [-0.05, 0) is 51.2 Å². The van der Waals surface area contributed by atoms with Crippen LogP contribution in [0.4, 0.5) is 5.69 Å². The maximum Gasteiger partial charge on any atom is 0.308 e. The zero-order chi connectivity index (χ0) is 21.7. The van der Waals surface area contributed by atoms with E-state index in [9.17, 15) is 14.9 Å². The van der Waals surface area contributed by atoms with Crippen LogP contribution in [-0.4, -0.2) is 19.0 Å². The van der Waals surface area contributed by atoms with Gasteiger partial charge in [0.25, 0.3) is 5.91 Å². The van der Waals surface area contributed by atoms with Crippen molar-refractivity contribution in [1.29, 1.82) is 5.26 Å². The van der Waals surface area contributed by atoms with Gasteiger partial charge in [-0.25, -0.2) is 0 Å². The number of anilines is 1. The van der Waals surface area contributed by atoms with Gasteiger partial charge in [-0.1, -0.05) is 36.4 Å². The molecule has 0 fully saturated rings. The molecule has 0 unspecified atom stereocenters. The van der Waals surface area contributed by atoms with Crippen LogP contribution >= 0.6 is 15.9 Å². The number of nitrogens with zero attached hydrogens (tertiary/aromatic N) is 1. The summed E-state index contributed by atoms with van der Waals surface area (Å²) < 4.78 is 10.9. The molecule has 0 aliphatic heterocycles. The number of halogens is 1. The van der Waals surface area contributed by atoms with Crippen molar-refractivity contribution in [3.05, 3.63) is 70.2 Å². The van der Waals surface area contributed by atoms with Gasteiger partial charge in [-0.2, -0.15) is 5.26 Å². The molecule has 3 aromatic carbocycles. The number of hydrogen-bond donors (Lipinski definition) is 1. The maximum absolute atomic E-state index is 12.7. The Kier molecular flexibility index (Phi) is 6.50. The van der Waals surface area contributed by atoms with Crippen LogP contribution in [0.1, 0.15) is 12.5 Å². The Morgan fingerprint density at radius 3 is 2.57 bits per heavy atom. The van der Waals surface area contributed by atoms with E-state index in [1.54, 1.807) is 18.2 Å². The number of carbonyl (C=O) groups is 2. The Balaban J connectivity index is 1.93. The lowest BCUT2D eigenvalue weighted by Crippen LogP contribution is -2.13. The quantitative estimate of drug-likeness (QED) is 0.246. The normalized spacial score (nSPS) is 10.9. The lowest BCUT2D eigenvalue weighted by Gasteiger charge is -2.11. The van der Waals surface area contributed by atoms with Gasteiger partial charge in [0.15, 0.2) is 11.5 Å². The second-order valence-electron chi connectivity index (χ2n) is 6.28. The van der Waals surface area contributed by atoms with E-state index < -0.39 is 11.9 Å². The third-order valence-electron chi connectivity index (χ3n) is 4.21. The molecule has 0 heterocycles. The van der Waals surface area contributed by atoms with Gasteiger partial charge in [0.2, 0.25) is 0 Å². The molecule has 0 aliphatic rings. The van der Waals surface area contributed by atoms with Gasteiger partial charge < -0.3 is 14.8 Å². The fourth-order valence-electron chi connectivity index (χ4n) is 2.91. The Morgan fingerprint density at radius 1 is 1.13 bits per heavy atom. The molecule has 150 valence electrons. The Morgan fingerprint density at radius 2 is 1.87 bits per heavy atom. The van der Waals surface area contributed by atoms with Crippen LogP contribution in [0, 0.1) is 11.3 Å². The van der Waals surface area contributed by atoms with E-state index in [4.69, 9.17) is 9.47 Å². The first-order chi connectivity index (χ1) is 14.4. The third-order valence-corrected chi connectivity index (χ3v) is 4.80. The molecule has 0 saturated heterocycles. The molecule has 7 heteroatoms. The number of nitriles is 1. The zero-order valence-electron chi connectivity index (χ0n) is 16.2. The Labute approximate surface area is 181 Å². The number of benzene rings is 3. The van der Waals surface area contributed by atoms with E-state index in [-0.39, 0.29) is 17.1 Å². The van der Waals surface area contributed by atoms with Gasteiger partial charge >= 0.3 is 5.97 Å². The molecule has 3 aromatic rings. The molecule has 1 amide bonds. The average molecular weight is 465 g/mol. The predicted octanol–water partition coefficient (Wildman–Crippen LogP) is 5.08. The molecular formula is C23H17BrN2O4. The van der Waals surface area contributed by atoms with Crippen LogP contribution in [0.15, 0.2) is 64.6 Å². The fourth-order valence-corrected chi connectivity index (χ4v) is 3.45. The second-order valence-corrected chi connectivity index (χ2v) is 7.13. The highest BCUT2D eigenvalue weighted by molar-refractivity contribution is 9.10. The summed E-state index contributed by atoms with van der Waals surface area (Å²) in [5.41, 5.74) is 1.06. The van der Waals surface area contributed by atoms with Crippen molar-refractivity contribution in [2.75, 3.05) is 12.4 Å². The number of esters is 1. The lowest BCUT2D eigenvalue weighted by atomic mass is 10.1. The molecule has 0 atom stereocenters. The summed E-state index contributed by atoms with van der Waals surface area (Å²) in [4.78, 5) is 24.0. The van der Waals surface area contributed by atoms with Crippen molar-refractivity contribution in [1.82, 2.24) is 0 Å². The number of carbonyl (C=O) groups excluding carboxylic acids is 2. The van der Waals surface area contributed by atoms with Crippen LogP contribution in [0.25, 0.3) is 16.8 Å². The van der Waals surface area contributed by atoms with Gasteiger partial charge in [-0.15, -0.1) is 0 Å². The standard InChI is InChI=1S/C23H17BrN2O4/c1-14(27)30-22-19(24)11-15(12-21(22)29-2)10-17(13-25)23(28)26-20-9-5-7-16-6-3-4-8-18(16)20/h3-12H,1-2H3,(H,26,28)/b17-10+. The molecule has 0 spiro atoms. The third kappa shape index (κ3) is 4.67. The number of hydrogen-bond acceptors (Lipinski definition) is 5. The van der Waals surface area contributed by atoms with E-state index in [0.717, 1.165) is 10.8 Å². The van der Waals surface area contributed by atoms with Crippen LogP contribution in [-0.2, 0) is 9.59 Å². The minimum Gasteiger partial charge on any atom is -0.493 e. The molecule has 6 nitrogen and oxygen atoms in total. The van der Waals surface area contributed by atoms with Crippen molar-refractivity contribution in [3.8, 4) is 17.6 Å². The van der Waals surface area contributed by atoms with Crippen molar-refractivity contribution in [2.24, 2.45) is 0 Å². The van der Waals surface area contributed by atoms with Crippen molar-refractivity contribution < 1.29 is 19.1 Å². The minimum absolute atomic E-state index is 0.0860. The number of fused-ring (bicyclic) bond motifs is 1. The van der Waals surface area contributed by atoms with Gasteiger partial charge in [0.1, 0.15) is 11.6 Å². The van der Waals surface area contributed by atoms with Crippen LogP contribution in [0.5, 0.6) is 11.5 Å². The van der Waals surface area contributed by atoms with E-state index in [0.29, 0.717) is 15.7 Å². The van der Waals surface area contributed by atoms with Gasteiger partial charge in [0.05, 0.1) is 11.6 Å². The number of methoxy groups -OCH3 is 1. The molecule has 0 saturated carbocycles. The molecule has 0 aromatic heterocycles. The largest absolute Gasteiger partial charge is 0.493 e. The zero-order valence-corrected chi connectivity index (χ0v) is 17.8. The molecule has 30 heavy (non-hydrogen) atoms. The Hall–Kier alpha value is -3.63. The first-order valence-electron chi connectivity index (χ1n) is 8.89. The first kappa shape index (κ1) is 21.1. The fraction of sp³-hybridized carbons (Fsp3) is 0.0870. The van der Waals surface area contributed by atoms with Crippen LogP contribution in [0.3, 0.4) is 0 Å². The molecule has 3 rings (SSSR count). The Bertz CT molecular complexity index is 1210.